The predicted octanol–water partition coefficient (Wildman–Crippen LogP) is 2.01. The fourth-order valence-corrected chi connectivity index (χ4v) is 1.09. The van der Waals surface area contributed by atoms with E-state index >= 15 is 0 Å². The molecule has 1 saturated carbocycles. The maximum Gasteiger partial charge on any atom is 0.135 e. The number of hydrogen-bond acceptors (Lipinski definition) is 1. The van der Waals surface area contributed by atoms with E-state index in [4.69, 9.17) is 0 Å². The van der Waals surface area contributed by atoms with Gasteiger partial charge in [-0.15, -0.1) is 0 Å². The van der Waals surface area contributed by atoms with Crippen LogP contribution in [-0.4, -0.2) is 5.78 Å². The molecule has 0 aliphatic heterocycles. The molecule has 9 heavy (non-hydrogen) atoms. The second kappa shape index (κ2) is 1.83. The molecule has 0 unspecified atom stereocenters. The largest absolute Gasteiger partial charge is 0.299 e. The highest BCUT2D eigenvalue weighted by atomic mass is 16.1. The van der Waals surface area contributed by atoms with Crippen LogP contribution in [0.2, 0.25) is 0 Å². The summed E-state index contributed by atoms with van der Waals surface area (Å²) in [6.45, 7) is 5.79. The summed E-state index contributed by atoms with van der Waals surface area (Å²) in [7, 11) is 0. The maximum absolute atomic E-state index is 10.9. The average Bonchev–Trinajstić information content (AvgIpc) is 2.42. The monoisotopic (exact) mass is 126 g/mol. The van der Waals surface area contributed by atoms with Crippen LogP contribution in [0.5, 0.6) is 0 Å². The van der Waals surface area contributed by atoms with Gasteiger partial charge in [-0.2, -0.15) is 0 Å². The summed E-state index contributed by atoms with van der Waals surface area (Å²) < 4.78 is 0. The van der Waals surface area contributed by atoms with Crippen LogP contribution < -0.4 is 0 Å². The second-order valence-corrected chi connectivity index (χ2v) is 3.55. The third-order valence-electron chi connectivity index (χ3n) is 2.51. The van der Waals surface area contributed by atoms with Crippen molar-refractivity contribution in [1.29, 1.82) is 0 Å². The molecule has 0 aromatic rings. The maximum atomic E-state index is 10.9. The molecule has 1 rings (SSSR count). The lowest BCUT2D eigenvalue weighted by Gasteiger charge is -2.19. The van der Waals surface area contributed by atoms with E-state index in [1.54, 1.807) is 6.92 Å². The van der Waals surface area contributed by atoms with Gasteiger partial charge in [-0.05, 0) is 25.7 Å². The molecule has 0 heterocycles. The molecule has 0 radical (unpaired) electrons. The molecule has 1 aliphatic carbocycles. The van der Waals surface area contributed by atoms with Crippen molar-refractivity contribution in [2.45, 2.75) is 33.6 Å². The first kappa shape index (κ1) is 6.79. The minimum atomic E-state index is -0.0278. The van der Waals surface area contributed by atoms with Crippen LogP contribution >= 0.6 is 0 Å². The summed E-state index contributed by atoms with van der Waals surface area (Å²) in [5, 5.41) is 0. The van der Waals surface area contributed by atoms with Gasteiger partial charge in [0.2, 0.25) is 0 Å². The zero-order chi connectivity index (χ0) is 7.07. The normalized spacial score (nSPS) is 19.9. The molecule has 1 heteroatoms. The molecule has 0 amide bonds. The van der Waals surface area contributed by atoms with Gasteiger partial charge in [-0.1, -0.05) is 13.8 Å². The van der Waals surface area contributed by atoms with Crippen molar-refractivity contribution in [3.8, 4) is 0 Å². The summed E-state index contributed by atoms with van der Waals surface area (Å²) in [5.41, 5.74) is -0.0278. The summed E-state index contributed by atoms with van der Waals surface area (Å²) >= 11 is 0. The fraction of sp³-hybridized carbons (Fsp3) is 0.875. The Morgan fingerprint density at radius 3 is 2.00 bits per heavy atom. The van der Waals surface area contributed by atoms with E-state index < -0.39 is 0 Å². The molecular formula is C8H14O. The Morgan fingerprint density at radius 1 is 1.44 bits per heavy atom. The third-order valence-corrected chi connectivity index (χ3v) is 2.51. The quantitative estimate of drug-likeness (QED) is 0.553. The first-order chi connectivity index (χ1) is 4.05. The molecule has 0 aromatic heterocycles. The van der Waals surface area contributed by atoms with E-state index in [0.717, 1.165) is 0 Å². The van der Waals surface area contributed by atoms with E-state index in [9.17, 15) is 4.79 Å². The molecule has 0 saturated heterocycles. The van der Waals surface area contributed by atoms with Crippen LogP contribution in [-0.2, 0) is 4.79 Å². The van der Waals surface area contributed by atoms with Crippen LogP contribution in [0.15, 0.2) is 0 Å². The van der Waals surface area contributed by atoms with E-state index in [2.05, 4.69) is 0 Å². The summed E-state index contributed by atoms with van der Waals surface area (Å²) in [6, 6.07) is 0. The van der Waals surface area contributed by atoms with Crippen LogP contribution in [0.25, 0.3) is 0 Å². The Balaban J connectivity index is 2.59. The topological polar surface area (TPSA) is 17.1 Å². The van der Waals surface area contributed by atoms with Crippen molar-refractivity contribution in [2.24, 2.45) is 11.3 Å². The Hall–Kier alpha value is -0.330. The molecule has 1 fully saturated rings. The molecular weight excluding hydrogens is 112 g/mol. The lowest BCUT2D eigenvalue weighted by atomic mass is 9.84. The van der Waals surface area contributed by atoms with Gasteiger partial charge in [0.25, 0.3) is 0 Å². The molecule has 0 spiro atoms. The number of Topliss-reactive ketones (excluding diaryl/α,β-unsaturated/α-hetero) is 1. The highest BCUT2D eigenvalue weighted by Crippen LogP contribution is 2.45. The van der Waals surface area contributed by atoms with Gasteiger partial charge in [0.15, 0.2) is 0 Å². The minimum Gasteiger partial charge on any atom is -0.299 e. The Morgan fingerprint density at radius 2 is 1.89 bits per heavy atom. The molecule has 52 valence electrons. The summed E-state index contributed by atoms with van der Waals surface area (Å²) in [6.07, 6.45) is 2.51. The van der Waals surface area contributed by atoms with Crippen LogP contribution in [0.4, 0.5) is 0 Å². The van der Waals surface area contributed by atoms with Crippen molar-refractivity contribution >= 4 is 5.78 Å². The van der Waals surface area contributed by atoms with Crippen molar-refractivity contribution in [3.05, 3.63) is 0 Å². The fourth-order valence-electron chi connectivity index (χ4n) is 1.09. The lowest BCUT2D eigenvalue weighted by molar-refractivity contribution is -0.125. The van der Waals surface area contributed by atoms with Crippen LogP contribution in [0.1, 0.15) is 33.6 Å². The van der Waals surface area contributed by atoms with E-state index in [-0.39, 0.29) is 5.41 Å². The minimum absolute atomic E-state index is 0.0278. The number of carbonyl (C=O) groups is 1. The Labute approximate surface area is 56.4 Å². The molecule has 1 nitrogen and oxygen atoms in total. The molecule has 0 bridgehead atoms. The van der Waals surface area contributed by atoms with Gasteiger partial charge in [0.05, 0.1) is 0 Å². The first-order valence-corrected chi connectivity index (χ1v) is 3.56. The van der Waals surface area contributed by atoms with Crippen molar-refractivity contribution in [3.63, 3.8) is 0 Å². The van der Waals surface area contributed by atoms with E-state index in [0.29, 0.717) is 11.7 Å². The average molecular weight is 126 g/mol. The molecule has 0 aromatic carbocycles. The number of carbonyl (C=O) groups excluding carboxylic acids is 1. The Bertz CT molecular complexity index is 132. The number of ketones is 1. The standard InChI is InChI=1S/C8H14O/c1-6(9)8(2,3)7-4-5-7/h7H,4-5H2,1-3H3. The number of rotatable bonds is 2. The summed E-state index contributed by atoms with van der Waals surface area (Å²) in [4.78, 5) is 10.9. The van der Waals surface area contributed by atoms with E-state index in [1.807, 2.05) is 13.8 Å². The van der Waals surface area contributed by atoms with Gasteiger partial charge in [0, 0.05) is 5.41 Å². The molecule has 0 atom stereocenters. The second-order valence-electron chi connectivity index (χ2n) is 3.55. The highest BCUT2D eigenvalue weighted by Gasteiger charge is 2.40. The SMILES string of the molecule is CC(=O)C(C)(C)C1CC1. The van der Waals surface area contributed by atoms with Crippen LogP contribution in [0, 0.1) is 11.3 Å². The van der Waals surface area contributed by atoms with Gasteiger partial charge >= 0.3 is 0 Å². The molecule has 1 aliphatic rings. The van der Waals surface area contributed by atoms with E-state index in [1.165, 1.54) is 12.8 Å². The number of hydrogen-bond donors (Lipinski definition) is 0. The van der Waals surface area contributed by atoms with Crippen molar-refractivity contribution in [2.75, 3.05) is 0 Å². The first-order valence-electron chi connectivity index (χ1n) is 3.56. The molecule has 0 N–H and O–H groups in total. The third kappa shape index (κ3) is 1.15. The van der Waals surface area contributed by atoms with Crippen molar-refractivity contribution in [1.82, 2.24) is 0 Å². The van der Waals surface area contributed by atoms with Gasteiger partial charge in [0.1, 0.15) is 5.78 Å². The predicted molar refractivity (Wildman–Crippen MR) is 37.2 cm³/mol. The van der Waals surface area contributed by atoms with Gasteiger partial charge in [-0.3, -0.25) is 4.79 Å². The van der Waals surface area contributed by atoms with Crippen molar-refractivity contribution < 1.29 is 4.79 Å². The Kier molecular flexibility index (Phi) is 1.38. The highest BCUT2D eigenvalue weighted by molar-refractivity contribution is 5.82. The van der Waals surface area contributed by atoms with Gasteiger partial charge in [-0.25, -0.2) is 0 Å². The lowest BCUT2D eigenvalue weighted by Crippen LogP contribution is -2.23. The van der Waals surface area contributed by atoms with Crippen LogP contribution in [0.3, 0.4) is 0 Å². The zero-order valence-corrected chi connectivity index (χ0v) is 6.40. The zero-order valence-electron chi connectivity index (χ0n) is 6.40. The summed E-state index contributed by atoms with van der Waals surface area (Å²) in [5.74, 6) is 1.03. The smallest absolute Gasteiger partial charge is 0.135 e. The van der Waals surface area contributed by atoms with Gasteiger partial charge < -0.3 is 0 Å².